The number of aromatic nitrogens is 2. The maximum Gasteiger partial charge on any atom is 0.261 e. The molecule has 0 atom stereocenters. The molecule has 0 aliphatic rings. The minimum absolute atomic E-state index is 0.221. The van der Waals surface area contributed by atoms with Gasteiger partial charge in [0.2, 0.25) is 0 Å². The van der Waals surface area contributed by atoms with Gasteiger partial charge in [0.15, 0.2) is 5.82 Å². The number of hydrogen-bond acceptors (Lipinski definition) is 5. The van der Waals surface area contributed by atoms with E-state index >= 15 is 0 Å². The van der Waals surface area contributed by atoms with E-state index < -0.39 is 0 Å². The molecule has 0 amide bonds. The Labute approximate surface area is 67.6 Å². The van der Waals surface area contributed by atoms with Crippen LogP contribution in [0.4, 0.5) is 0 Å². The van der Waals surface area contributed by atoms with Gasteiger partial charge in [-0.1, -0.05) is 5.16 Å². The monoisotopic (exact) mass is 166 g/mol. The number of aliphatic hydroxyl groups excluding tert-OH is 1. The fourth-order valence-electron chi connectivity index (χ4n) is 0.822. The lowest BCUT2D eigenvalue weighted by atomic mass is 10.3. The van der Waals surface area contributed by atoms with Crippen LogP contribution in [0.2, 0.25) is 0 Å². The van der Waals surface area contributed by atoms with Crippen molar-refractivity contribution in [2.75, 3.05) is 0 Å². The highest BCUT2D eigenvalue weighted by Crippen LogP contribution is 2.16. The lowest BCUT2D eigenvalue weighted by Crippen LogP contribution is -1.84. The highest BCUT2D eigenvalue weighted by atomic mass is 16.5. The Morgan fingerprint density at radius 3 is 3.00 bits per heavy atom. The van der Waals surface area contributed by atoms with Gasteiger partial charge in [-0.15, -0.1) is 0 Å². The molecule has 0 unspecified atom stereocenters. The predicted molar refractivity (Wildman–Crippen MR) is 37.9 cm³/mol. The van der Waals surface area contributed by atoms with Gasteiger partial charge < -0.3 is 14.0 Å². The van der Waals surface area contributed by atoms with E-state index in [1.54, 1.807) is 6.07 Å². The Bertz CT molecular complexity index is 352. The minimum atomic E-state index is -0.221. The van der Waals surface area contributed by atoms with E-state index in [2.05, 4.69) is 10.1 Å². The van der Waals surface area contributed by atoms with Crippen molar-refractivity contribution >= 4 is 0 Å². The summed E-state index contributed by atoms with van der Waals surface area (Å²) in [7, 11) is 0. The maximum atomic E-state index is 8.64. The van der Waals surface area contributed by atoms with Crippen molar-refractivity contribution in [1.29, 1.82) is 0 Å². The van der Waals surface area contributed by atoms with Crippen LogP contribution in [0.1, 0.15) is 5.82 Å². The summed E-state index contributed by atoms with van der Waals surface area (Å²) < 4.78 is 9.64. The quantitative estimate of drug-likeness (QED) is 0.715. The Balaban J connectivity index is 2.35. The van der Waals surface area contributed by atoms with Crippen LogP contribution in [0.25, 0.3) is 11.5 Å². The smallest absolute Gasteiger partial charge is 0.261 e. The number of rotatable bonds is 2. The molecule has 5 heteroatoms. The first-order chi connectivity index (χ1) is 5.90. The molecule has 0 saturated carbocycles. The van der Waals surface area contributed by atoms with Crippen LogP contribution < -0.4 is 0 Å². The average Bonchev–Trinajstić information content (AvgIpc) is 2.75. The summed E-state index contributed by atoms with van der Waals surface area (Å²) in [5.74, 6) is 0.624. The zero-order valence-electron chi connectivity index (χ0n) is 6.10. The second-order valence-corrected chi connectivity index (χ2v) is 2.19. The lowest BCUT2D eigenvalue weighted by molar-refractivity contribution is 0.264. The predicted octanol–water partition coefficient (Wildman–Crippen LogP) is 0.822. The molecule has 2 rings (SSSR count). The van der Waals surface area contributed by atoms with Crippen molar-refractivity contribution in [1.82, 2.24) is 10.1 Å². The number of aliphatic hydroxyl groups is 1. The summed E-state index contributed by atoms with van der Waals surface area (Å²) in [4.78, 5) is 3.88. The van der Waals surface area contributed by atoms with E-state index in [1.165, 1.54) is 12.5 Å². The molecule has 12 heavy (non-hydrogen) atoms. The summed E-state index contributed by atoms with van der Waals surface area (Å²) in [6.07, 6.45) is 3.01. The molecule has 62 valence electrons. The molecular weight excluding hydrogens is 160 g/mol. The molecule has 2 aromatic heterocycles. The van der Waals surface area contributed by atoms with E-state index in [0.29, 0.717) is 11.5 Å². The van der Waals surface area contributed by atoms with Crippen molar-refractivity contribution in [3.05, 3.63) is 24.4 Å². The van der Waals surface area contributed by atoms with Crippen molar-refractivity contribution in [2.45, 2.75) is 6.61 Å². The van der Waals surface area contributed by atoms with E-state index in [4.69, 9.17) is 14.0 Å². The third-order valence-corrected chi connectivity index (χ3v) is 1.38. The van der Waals surface area contributed by atoms with Gasteiger partial charge in [0, 0.05) is 0 Å². The Hall–Kier alpha value is -1.62. The van der Waals surface area contributed by atoms with Gasteiger partial charge >= 0.3 is 0 Å². The number of nitrogens with zero attached hydrogens (tertiary/aromatic N) is 2. The van der Waals surface area contributed by atoms with Gasteiger partial charge in [-0.2, -0.15) is 4.98 Å². The lowest BCUT2D eigenvalue weighted by Gasteiger charge is -1.80. The molecule has 5 nitrogen and oxygen atoms in total. The van der Waals surface area contributed by atoms with Crippen molar-refractivity contribution in [3.63, 3.8) is 0 Å². The first-order valence-corrected chi connectivity index (χ1v) is 3.36. The molecule has 2 aromatic rings. The van der Waals surface area contributed by atoms with Crippen LogP contribution in [-0.2, 0) is 6.61 Å². The highest BCUT2D eigenvalue weighted by molar-refractivity contribution is 5.49. The molecule has 0 radical (unpaired) electrons. The van der Waals surface area contributed by atoms with Crippen LogP contribution >= 0.6 is 0 Å². The van der Waals surface area contributed by atoms with Gasteiger partial charge in [-0.05, 0) is 6.07 Å². The first-order valence-electron chi connectivity index (χ1n) is 3.36. The van der Waals surface area contributed by atoms with Crippen LogP contribution in [-0.4, -0.2) is 15.2 Å². The van der Waals surface area contributed by atoms with E-state index in [1.807, 2.05) is 0 Å². The number of hydrogen-bond donors (Lipinski definition) is 1. The Kier molecular flexibility index (Phi) is 1.64. The number of furan rings is 1. The van der Waals surface area contributed by atoms with Crippen LogP contribution in [0.3, 0.4) is 0 Å². The molecule has 2 heterocycles. The molecule has 0 bridgehead atoms. The maximum absolute atomic E-state index is 8.64. The summed E-state index contributed by atoms with van der Waals surface area (Å²) in [5, 5.41) is 12.2. The molecule has 0 aliphatic heterocycles. The largest absolute Gasteiger partial charge is 0.472 e. The molecule has 1 N–H and O–H groups in total. The van der Waals surface area contributed by atoms with Gasteiger partial charge in [0.1, 0.15) is 12.9 Å². The fourth-order valence-corrected chi connectivity index (χ4v) is 0.822. The Morgan fingerprint density at radius 1 is 1.50 bits per heavy atom. The summed E-state index contributed by atoms with van der Waals surface area (Å²) in [6, 6.07) is 1.70. The van der Waals surface area contributed by atoms with Crippen molar-refractivity contribution in [3.8, 4) is 11.5 Å². The van der Waals surface area contributed by atoms with E-state index in [-0.39, 0.29) is 12.4 Å². The van der Waals surface area contributed by atoms with Crippen LogP contribution in [0.15, 0.2) is 27.5 Å². The zero-order valence-corrected chi connectivity index (χ0v) is 6.10. The van der Waals surface area contributed by atoms with Gasteiger partial charge in [0.25, 0.3) is 5.89 Å². The third-order valence-electron chi connectivity index (χ3n) is 1.38. The van der Waals surface area contributed by atoms with E-state index in [9.17, 15) is 0 Å². The normalized spacial score (nSPS) is 10.4. The van der Waals surface area contributed by atoms with E-state index in [0.717, 1.165) is 0 Å². The molecule has 0 spiro atoms. The molecule has 0 aromatic carbocycles. The topological polar surface area (TPSA) is 72.3 Å². The second kappa shape index (κ2) is 2.78. The third kappa shape index (κ3) is 1.10. The van der Waals surface area contributed by atoms with Crippen LogP contribution in [0, 0.1) is 0 Å². The SMILES string of the molecule is OCc1noc(-c2ccoc2)n1. The van der Waals surface area contributed by atoms with Crippen molar-refractivity contribution in [2.24, 2.45) is 0 Å². The standard InChI is InChI=1S/C7H6N2O3/c10-3-6-8-7(12-9-6)5-1-2-11-4-5/h1-2,4,10H,3H2. The van der Waals surface area contributed by atoms with Gasteiger partial charge in [-0.3, -0.25) is 0 Å². The summed E-state index contributed by atoms with van der Waals surface area (Å²) in [5.41, 5.74) is 0.710. The molecule has 0 saturated heterocycles. The highest BCUT2D eigenvalue weighted by Gasteiger charge is 2.07. The summed E-state index contributed by atoms with van der Waals surface area (Å²) >= 11 is 0. The molecular formula is C7H6N2O3. The first kappa shape index (κ1) is 7.05. The summed E-state index contributed by atoms with van der Waals surface area (Å²) in [6.45, 7) is -0.221. The fraction of sp³-hybridized carbons (Fsp3) is 0.143. The minimum Gasteiger partial charge on any atom is -0.472 e. The second-order valence-electron chi connectivity index (χ2n) is 2.19. The van der Waals surface area contributed by atoms with Crippen molar-refractivity contribution < 1.29 is 14.0 Å². The van der Waals surface area contributed by atoms with Gasteiger partial charge in [0.05, 0.1) is 11.8 Å². The average molecular weight is 166 g/mol. The molecule has 0 aliphatic carbocycles. The Morgan fingerprint density at radius 2 is 2.42 bits per heavy atom. The zero-order chi connectivity index (χ0) is 8.39. The van der Waals surface area contributed by atoms with Gasteiger partial charge in [-0.25, -0.2) is 0 Å². The van der Waals surface area contributed by atoms with Crippen LogP contribution in [0.5, 0.6) is 0 Å². The molecule has 0 fully saturated rings.